The van der Waals surface area contributed by atoms with Crippen LogP contribution in [0.15, 0.2) is 0 Å². The van der Waals surface area contributed by atoms with Crippen LogP contribution in [0.25, 0.3) is 0 Å². The summed E-state index contributed by atoms with van der Waals surface area (Å²) >= 11 is 0. The van der Waals surface area contributed by atoms with E-state index < -0.39 is 24.7 Å². The Morgan fingerprint density at radius 1 is 1.22 bits per heavy atom. The van der Waals surface area contributed by atoms with Crippen molar-refractivity contribution in [1.29, 1.82) is 0 Å². The predicted molar refractivity (Wildman–Crippen MR) is 56.6 cm³/mol. The van der Waals surface area contributed by atoms with Gasteiger partial charge >= 0.3 is 6.18 Å². The standard InChI is InChI=1S/C11H15F3N2O2/c12-11(13,14)5-6-16-7-8(17)15-10(9(16)18)3-1-2-4-10/h1-7H2,(H,15,17). The SMILES string of the molecule is O=C1CN(CCC(F)(F)F)C(=O)C2(CCCC2)N1. The molecule has 0 radical (unpaired) electrons. The van der Waals surface area contributed by atoms with E-state index in [2.05, 4.69) is 5.32 Å². The van der Waals surface area contributed by atoms with Gasteiger partial charge in [-0.15, -0.1) is 0 Å². The van der Waals surface area contributed by atoms with E-state index >= 15 is 0 Å². The normalized spacial score (nSPS) is 23.6. The zero-order valence-corrected chi connectivity index (χ0v) is 9.85. The summed E-state index contributed by atoms with van der Waals surface area (Å²) in [4.78, 5) is 24.7. The quantitative estimate of drug-likeness (QED) is 0.815. The Kier molecular flexibility index (Phi) is 3.25. The van der Waals surface area contributed by atoms with Gasteiger partial charge in [0.1, 0.15) is 5.54 Å². The Bertz CT molecular complexity index is 362. The third-order valence-electron chi connectivity index (χ3n) is 3.53. The van der Waals surface area contributed by atoms with Crippen molar-refractivity contribution < 1.29 is 22.8 Å². The zero-order valence-electron chi connectivity index (χ0n) is 9.85. The summed E-state index contributed by atoms with van der Waals surface area (Å²) < 4.78 is 36.5. The van der Waals surface area contributed by atoms with Gasteiger partial charge in [0.2, 0.25) is 11.8 Å². The van der Waals surface area contributed by atoms with Crippen LogP contribution in [0.3, 0.4) is 0 Å². The van der Waals surface area contributed by atoms with Crippen LogP contribution >= 0.6 is 0 Å². The molecule has 2 fully saturated rings. The summed E-state index contributed by atoms with van der Waals surface area (Å²) in [7, 11) is 0. The third kappa shape index (κ3) is 2.59. The van der Waals surface area contributed by atoms with Crippen molar-refractivity contribution in [3.05, 3.63) is 0 Å². The van der Waals surface area contributed by atoms with Crippen molar-refractivity contribution in [2.24, 2.45) is 0 Å². The Hall–Kier alpha value is -1.27. The van der Waals surface area contributed by atoms with E-state index in [9.17, 15) is 22.8 Å². The predicted octanol–water partition coefficient (Wildman–Crippen LogP) is 1.21. The van der Waals surface area contributed by atoms with Gasteiger partial charge in [-0.1, -0.05) is 12.8 Å². The molecule has 0 atom stereocenters. The molecular weight excluding hydrogens is 249 g/mol. The van der Waals surface area contributed by atoms with Crippen molar-refractivity contribution in [3.8, 4) is 0 Å². The van der Waals surface area contributed by atoms with Crippen LogP contribution in [0.1, 0.15) is 32.1 Å². The number of carbonyl (C=O) groups is 2. The largest absolute Gasteiger partial charge is 0.390 e. The van der Waals surface area contributed by atoms with Crippen molar-refractivity contribution >= 4 is 11.8 Å². The second-order valence-corrected chi connectivity index (χ2v) is 4.93. The van der Waals surface area contributed by atoms with Crippen molar-refractivity contribution in [2.75, 3.05) is 13.1 Å². The Balaban J connectivity index is 2.06. The number of halogens is 3. The van der Waals surface area contributed by atoms with Crippen LogP contribution in [-0.4, -0.2) is 41.5 Å². The van der Waals surface area contributed by atoms with Crippen LogP contribution in [0, 0.1) is 0 Å². The smallest absolute Gasteiger partial charge is 0.340 e. The number of carbonyl (C=O) groups excluding carboxylic acids is 2. The van der Waals surface area contributed by atoms with Gasteiger partial charge in [0, 0.05) is 6.54 Å². The molecule has 1 N–H and O–H groups in total. The van der Waals surface area contributed by atoms with Gasteiger partial charge in [-0.25, -0.2) is 0 Å². The first kappa shape index (κ1) is 13.2. The van der Waals surface area contributed by atoms with Crippen LogP contribution in [-0.2, 0) is 9.59 Å². The molecular formula is C11H15F3N2O2. The van der Waals surface area contributed by atoms with Crippen LogP contribution < -0.4 is 5.32 Å². The minimum atomic E-state index is -4.31. The average molecular weight is 264 g/mol. The van der Waals surface area contributed by atoms with Gasteiger partial charge in [0.05, 0.1) is 13.0 Å². The van der Waals surface area contributed by atoms with E-state index in [1.165, 1.54) is 0 Å². The first-order chi connectivity index (χ1) is 8.32. The maximum atomic E-state index is 12.2. The van der Waals surface area contributed by atoms with Crippen molar-refractivity contribution in [3.63, 3.8) is 0 Å². The van der Waals surface area contributed by atoms with Crippen molar-refractivity contribution in [2.45, 2.75) is 43.8 Å². The first-order valence-corrected chi connectivity index (χ1v) is 6.00. The summed E-state index contributed by atoms with van der Waals surface area (Å²) in [5.41, 5.74) is -0.930. The van der Waals surface area contributed by atoms with Gasteiger partial charge in [0.25, 0.3) is 0 Å². The lowest BCUT2D eigenvalue weighted by atomic mass is 9.93. The molecule has 1 heterocycles. The van der Waals surface area contributed by atoms with E-state index in [1.807, 2.05) is 0 Å². The lowest BCUT2D eigenvalue weighted by molar-refractivity contribution is -0.157. The third-order valence-corrected chi connectivity index (χ3v) is 3.53. The molecule has 4 nitrogen and oxygen atoms in total. The summed E-state index contributed by atoms with van der Waals surface area (Å²) in [6.45, 7) is -0.700. The van der Waals surface area contributed by atoms with Crippen molar-refractivity contribution in [1.82, 2.24) is 10.2 Å². The molecule has 0 unspecified atom stereocenters. The molecule has 7 heteroatoms. The first-order valence-electron chi connectivity index (χ1n) is 6.00. The molecule has 2 aliphatic rings. The fourth-order valence-corrected chi connectivity index (χ4v) is 2.67. The molecule has 2 rings (SSSR count). The number of hydrogen-bond donors (Lipinski definition) is 1. The molecule has 102 valence electrons. The highest BCUT2D eigenvalue weighted by Crippen LogP contribution is 2.33. The van der Waals surface area contributed by atoms with E-state index in [0.717, 1.165) is 17.7 Å². The fourth-order valence-electron chi connectivity index (χ4n) is 2.67. The number of nitrogens with zero attached hydrogens (tertiary/aromatic N) is 1. The number of nitrogens with one attached hydrogen (secondary N) is 1. The molecule has 18 heavy (non-hydrogen) atoms. The minimum Gasteiger partial charge on any atom is -0.340 e. The van der Waals surface area contributed by atoms with Crippen LogP contribution in [0.2, 0.25) is 0 Å². The lowest BCUT2D eigenvalue weighted by Crippen LogP contribution is -2.65. The highest BCUT2D eigenvalue weighted by molar-refractivity contribution is 5.98. The molecule has 1 saturated carbocycles. The van der Waals surface area contributed by atoms with E-state index in [1.54, 1.807) is 0 Å². The molecule has 2 amide bonds. The molecule has 0 aromatic carbocycles. The second-order valence-electron chi connectivity index (χ2n) is 4.93. The molecule has 0 bridgehead atoms. The average Bonchev–Trinajstić information content (AvgIpc) is 2.70. The molecule has 0 aromatic rings. The Morgan fingerprint density at radius 3 is 2.39 bits per heavy atom. The molecule has 1 aliphatic carbocycles. The Morgan fingerprint density at radius 2 is 1.83 bits per heavy atom. The Labute approximate surface area is 103 Å². The molecule has 1 spiro atoms. The van der Waals surface area contributed by atoms with Gasteiger partial charge in [-0.05, 0) is 12.8 Å². The highest BCUT2D eigenvalue weighted by Gasteiger charge is 2.48. The minimum absolute atomic E-state index is 0.267. The maximum absolute atomic E-state index is 12.2. The summed E-state index contributed by atoms with van der Waals surface area (Å²) in [5.74, 6) is -0.720. The highest BCUT2D eigenvalue weighted by atomic mass is 19.4. The number of amides is 2. The fraction of sp³-hybridized carbons (Fsp3) is 0.818. The molecule has 0 aromatic heterocycles. The summed E-state index contributed by atoms with van der Waals surface area (Å²) in [6, 6.07) is 0. The van der Waals surface area contributed by atoms with E-state index in [0.29, 0.717) is 12.8 Å². The monoisotopic (exact) mass is 264 g/mol. The number of rotatable bonds is 2. The van der Waals surface area contributed by atoms with Crippen LogP contribution in [0.4, 0.5) is 13.2 Å². The second kappa shape index (κ2) is 4.44. The molecule has 1 saturated heterocycles. The van der Waals surface area contributed by atoms with Gasteiger partial charge in [0.15, 0.2) is 0 Å². The number of alkyl halides is 3. The summed E-state index contributed by atoms with van der Waals surface area (Å²) in [6.07, 6.45) is -2.68. The van der Waals surface area contributed by atoms with E-state index in [-0.39, 0.29) is 18.4 Å². The van der Waals surface area contributed by atoms with Crippen LogP contribution in [0.5, 0.6) is 0 Å². The number of hydrogen-bond acceptors (Lipinski definition) is 2. The van der Waals surface area contributed by atoms with E-state index in [4.69, 9.17) is 0 Å². The summed E-state index contributed by atoms with van der Waals surface area (Å²) in [5, 5.41) is 2.66. The maximum Gasteiger partial charge on any atom is 0.390 e. The van der Waals surface area contributed by atoms with Gasteiger partial charge < -0.3 is 10.2 Å². The number of piperazine rings is 1. The topological polar surface area (TPSA) is 49.4 Å². The lowest BCUT2D eigenvalue weighted by Gasteiger charge is -2.39. The zero-order chi connectivity index (χ0) is 13.4. The van der Waals surface area contributed by atoms with Gasteiger partial charge in [-0.3, -0.25) is 9.59 Å². The molecule has 1 aliphatic heterocycles. The van der Waals surface area contributed by atoms with Gasteiger partial charge in [-0.2, -0.15) is 13.2 Å².